The summed E-state index contributed by atoms with van der Waals surface area (Å²) >= 11 is 6.26. The third-order valence-electron chi connectivity index (χ3n) is 8.66. The monoisotopic (exact) mass is 477 g/mol. The molecule has 178 valence electrons. The summed E-state index contributed by atoms with van der Waals surface area (Å²) in [4.78, 5) is 0. The van der Waals surface area contributed by atoms with E-state index < -0.39 is 0 Å². The molecule has 0 aromatic heterocycles. The van der Waals surface area contributed by atoms with Crippen molar-refractivity contribution in [3.8, 4) is 5.75 Å². The van der Waals surface area contributed by atoms with Crippen LogP contribution in [0.15, 0.2) is 54.6 Å². The molecule has 0 spiro atoms. The van der Waals surface area contributed by atoms with Crippen LogP contribution in [0, 0.1) is 22.6 Å². The second kappa shape index (κ2) is 7.96. The Morgan fingerprint density at radius 2 is 1.74 bits per heavy atom. The molecule has 4 heteroatoms. The summed E-state index contributed by atoms with van der Waals surface area (Å²) in [6.07, 6.45) is 8.02. The molecule has 3 aromatic rings. The summed E-state index contributed by atoms with van der Waals surface area (Å²) in [6, 6.07) is 17.2. The van der Waals surface area contributed by atoms with Crippen molar-refractivity contribution in [2.24, 2.45) is 16.7 Å². The standard InChI is InChI=1S/C30H33ClFNO/c1-28-12-20-13-29(2,17-28)19-30(14-20,18-28)33-15-25-24-6-4-3-5-21(24)8-10-27(25)34-16-22-7-9-23(32)11-26(22)31/h3-11,20,33H,12-19H2,1-2H3/t20?,28-,29+,30?. The minimum atomic E-state index is -0.331. The number of rotatable bonds is 6. The molecule has 4 aliphatic rings. The van der Waals surface area contributed by atoms with Crippen LogP contribution in [-0.2, 0) is 13.2 Å². The number of hydrogen-bond acceptors (Lipinski definition) is 2. The zero-order valence-corrected chi connectivity index (χ0v) is 20.9. The van der Waals surface area contributed by atoms with E-state index in [2.05, 4.69) is 55.6 Å². The lowest BCUT2D eigenvalue weighted by Crippen LogP contribution is -2.63. The topological polar surface area (TPSA) is 21.3 Å². The Morgan fingerprint density at radius 3 is 2.47 bits per heavy atom. The summed E-state index contributed by atoms with van der Waals surface area (Å²) < 4.78 is 19.8. The van der Waals surface area contributed by atoms with Crippen molar-refractivity contribution in [1.29, 1.82) is 0 Å². The van der Waals surface area contributed by atoms with Crippen LogP contribution in [0.3, 0.4) is 0 Å². The molecule has 4 aliphatic carbocycles. The third kappa shape index (κ3) is 4.01. The Kier molecular flexibility index (Phi) is 5.24. The maximum absolute atomic E-state index is 13.5. The van der Waals surface area contributed by atoms with Crippen molar-refractivity contribution in [3.05, 3.63) is 76.6 Å². The number of nitrogens with one attached hydrogen (secondary N) is 1. The lowest BCUT2D eigenvalue weighted by atomic mass is 9.43. The van der Waals surface area contributed by atoms with Crippen LogP contribution in [-0.4, -0.2) is 5.54 Å². The highest BCUT2D eigenvalue weighted by atomic mass is 35.5. The molecule has 34 heavy (non-hydrogen) atoms. The van der Waals surface area contributed by atoms with Gasteiger partial charge in [-0.3, -0.25) is 0 Å². The van der Waals surface area contributed by atoms with Crippen molar-refractivity contribution in [1.82, 2.24) is 5.32 Å². The molecular formula is C30H33ClFNO. The Labute approximate surface area is 206 Å². The fourth-order valence-electron chi connectivity index (χ4n) is 8.35. The first-order valence-corrected chi connectivity index (χ1v) is 12.9. The van der Waals surface area contributed by atoms with E-state index in [-0.39, 0.29) is 11.4 Å². The van der Waals surface area contributed by atoms with Gasteiger partial charge in [0, 0.05) is 23.2 Å². The van der Waals surface area contributed by atoms with Crippen LogP contribution in [0.5, 0.6) is 5.75 Å². The van der Waals surface area contributed by atoms with Crippen molar-refractivity contribution in [2.45, 2.75) is 71.1 Å². The average molecular weight is 478 g/mol. The molecule has 0 saturated heterocycles. The summed E-state index contributed by atoms with van der Waals surface area (Å²) in [5.41, 5.74) is 3.15. The minimum Gasteiger partial charge on any atom is -0.488 e. The zero-order valence-electron chi connectivity index (χ0n) is 20.1. The fourth-order valence-corrected chi connectivity index (χ4v) is 8.57. The Balaban J connectivity index is 1.29. The highest BCUT2D eigenvalue weighted by Gasteiger charge is 2.59. The average Bonchev–Trinajstić information content (AvgIpc) is 2.75. The Bertz CT molecular complexity index is 1240. The van der Waals surface area contributed by atoms with E-state index in [1.165, 1.54) is 67.0 Å². The molecule has 0 aliphatic heterocycles. The van der Waals surface area contributed by atoms with Gasteiger partial charge >= 0.3 is 0 Å². The highest BCUT2D eigenvalue weighted by Crippen LogP contribution is 2.66. The first-order valence-electron chi connectivity index (χ1n) is 12.6. The van der Waals surface area contributed by atoms with Gasteiger partial charge in [0.2, 0.25) is 0 Å². The molecule has 2 unspecified atom stereocenters. The molecule has 0 radical (unpaired) electrons. The summed E-state index contributed by atoms with van der Waals surface area (Å²) in [6.45, 7) is 6.14. The predicted molar refractivity (Wildman–Crippen MR) is 137 cm³/mol. The maximum Gasteiger partial charge on any atom is 0.124 e. The van der Waals surface area contributed by atoms with Crippen LogP contribution >= 0.6 is 11.6 Å². The number of benzene rings is 3. The van der Waals surface area contributed by atoms with Gasteiger partial charge in [-0.1, -0.05) is 61.8 Å². The largest absolute Gasteiger partial charge is 0.488 e. The van der Waals surface area contributed by atoms with Crippen molar-refractivity contribution < 1.29 is 9.13 Å². The molecule has 1 N–H and O–H groups in total. The van der Waals surface area contributed by atoms with Gasteiger partial charge in [0.15, 0.2) is 0 Å². The van der Waals surface area contributed by atoms with E-state index in [4.69, 9.17) is 16.3 Å². The van der Waals surface area contributed by atoms with Crippen LogP contribution < -0.4 is 10.1 Å². The number of halogens is 2. The maximum atomic E-state index is 13.5. The first kappa shape index (κ1) is 22.4. The summed E-state index contributed by atoms with van der Waals surface area (Å²) in [7, 11) is 0. The molecular weight excluding hydrogens is 445 g/mol. The molecule has 0 heterocycles. The SMILES string of the molecule is C[C@]12CC3CC(NCc4c(OCc5ccc(F)cc5Cl)ccc5ccccc45)(C1)C[C@@](C)(C3)C2. The number of fused-ring (bicyclic) bond motifs is 1. The normalized spacial score (nSPS) is 31.8. The first-order chi connectivity index (χ1) is 16.2. The molecule has 7 rings (SSSR count). The van der Waals surface area contributed by atoms with Gasteiger partial charge in [0.05, 0.1) is 5.02 Å². The fraction of sp³-hybridized carbons (Fsp3) is 0.467. The highest BCUT2D eigenvalue weighted by molar-refractivity contribution is 6.31. The molecule has 2 nitrogen and oxygen atoms in total. The van der Waals surface area contributed by atoms with Gasteiger partial charge in [0.1, 0.15) is 18.2 Å². The molecule has 4 bridgehead atoms. The minimum absolute atomic E-state index is 0.220. The van der Waals surface area contributed by atoms with Crippen LogP contribution in [0.4, 0.5) is 4.39 Å². The molecule has 4 atom stereocenters. The predicted octanol–water partition coefficient (Wildman–Crippen LogP) is 8.05. The van der Waals surface area contributed by atoms with Crippen molar-refractivity contribution in [3.63, 3.8) is 0 Å². The van der Waals surface area contributed by atoms with Gasteiger partial charge in [-0.2, -0.15) is 0 Å². The quantitative estimate of drug-likeness (QED) is 0.387. The molecule has 4 saturated carbocycles. The summed E-state index contributed by atoms with van der Waals surface area (Å²) in [5.74, 6) is 1.39. The van der Waals surface area contributed by atoms with Gasteiger partial charge in [-0.25, -0.2) is 4.39 Å². The lowest BCUT2D eigenvalue weighted by molar-refractivity contribution is -0.118. The zero-order chi connectivity index (χ0) is 23.6. The Hall–Kier alpha value is -2.10. The Morgan fingerprint density at radius 1 is 0.971 bits per heavy atom. The van der Waals surface area contributed by atoms with E-state index in [1.807, 2.05) is 0 Å². The lowest BCUT2D eigenvalue weighted by Gasteiger charge is -2.65. The number of hydrogen-bond donors (Lipinski definition) is 1. The van der Waals surface area contributed by atoms with E-state index in [0.717, 1.165) is 23.8 Å². The summed E-state index contributed by atoms with van der Waals surface area (Å²) in [5, 5.41) is 6.93. The molecule has 3 aromatic carbocycles. The number of ether oxygens (including phenoxy) is 1. The van der Waals surface area contributed by atoms with E-state index in [0.29, 0.717) is 22.5 Å². The van der Waals surface area contributed by atoms with Gasteiger partial charge < -0.3 is 10.1 Å². The molecule has 0 amide bonds. The van der Waals surface area contributed by atoms with Crippen LogP contribution in [0.2, 0.25) is 5.02 Å². The second-order valence-electron chi connectivity index (χ2n) is 12.1. The second-order valence-corrected chi connectivity index (χ2v) is 12.5. The smallest absolute Gasteiger partial charge is 0.124 e. The van der Waals surface area contributed by atoms with Crippen molar-refractivity contribution >= 4 is 22.4 Å². The van der Waals surface area contributed by atoms with Gasteiger partial charge in [0.25, 0.3) is 0 Å². The van der Waals surface area contributed by atoms with E-state index in [1.54, 1.807) is 6.07 Å². The third-order valence-corrected chi connectivity index (χ3v) is 9.01. The van der Waals surface area contributed by atoms with E-state index in [9.17, 15) is 4.39 Å². The van der Waals surface area contributed by atoms with Gasteiger partial charge in [-0.15, -0.1) is 0 Å². The van der Waals surface area contributed by atoms with E-state index >= 15 is 0 Å². The van der Waals surface area contributed by atoms with Gasteiger partial charge in [-0.05, 0) is 84.2 Å². The van der Waals surface area contributed by atoms with Crippen LogP contribution in [0.25, 0.3) is 10.8 Å². The van der Waals surface area contributed by atoms with Crippen molar-refractivity contribution in [2.75, 3.05) is 0 Å². The molecule has 4 fully saturated rings. The van der Waals surface area contributed by atoms with Crippen LogP contribution in [0.1, 0.15) is 63.5 Å².